The van der Waals surface area contributed by atoms with Gasteiger partial charge in [0.25, 0.3) is 0 Å². The quantitative estimate of drug-likeness (QED) is 0.905. The molecule has 0 amide bonds. The van der Waals surface area contributed by atoms with Crippen LogP contribution in [0.1, 0.15) is 49.7 Å². The number of hydrogen-bond donors (Lipinski definition) is 1. The van der Waals surface area contributed by atoms with Crippen molar-refractivity contribution >= 4 is 0 Å². The van der Waals surface area contributed by atoms with E-state index >= 15 is 0 Å². The van der Waals surface area contributed by atoms with Gasteiger partial charge in [-0.05, 0) is 46.7 Å². The van der Waals surface area contributed by atoms with Gasteiger partial charge in [0.2, 0.25) is 0 Å². The first-order valence-corrected chi connectivity index (χ1v) is 7.51. The molecule has 0 spiro atoms. The van der Waals surface area contributed by atoms with E-state index in [1.165, 1.54) is 37.2 Å². The Balaban J connectivity index is 2.02. The van der Waals surface area contributed by atoms with Crippen LogP contribution >= 0.6 is 0 Å². The number of aryl methyl sites for hydroxylation is 2. The number of likely N-dealkylation sites (tertiary alicyclic amines) is 1. The zero-order chi connectivity index (χ0) is 14.0. The molecular formula is C15H28N4. The van der Waals surface area contributed by atoms with Crippen LogP contribution in [0, 0.1) is 13.8 Å². The Labute approximate surface area is 117 Å². The maximum absolute atomic E-state index is 4.52. The van der Waals surface area contributed by atoms with Gasteiger partial charge in [-0.25, -0.2) is 0 Å². The number of nitrogens with one attached hydrogen (secondary N) is 1. The number of likely N-dealkylation sites (N-methyl/N-ethyl adjacent to an activating group) is 1. The molecule has 2 unspecified atom stereocenters. The van der Waals surface area contributed by atoms with E-state index in [1.807, 2.05) is 11.7 Å². The maximum atomic E-state index is 4.52. The second kappa shape index (κ2) is 6.06. The second-order valence-electron chi connectivity index (χ2n) is 5.83. The summed E-state index contributed by atoms with van der Waals surface area (Å²) in [6.45, 7) is 12.4. The molecular weight excluding hydrogens is 236 g/mol. The van der Waals surface area contributed by atoms with Gasteiger partial charge in [-0.2, -0.15) is 5.10 Å². The zero-order valence-electron chi connectivity index (χ0n) is 13.0. The van der Waals surface area contributed by atoms with Gasteiger partial charge in [0.05, 0.1) is 5.69 Å². The van der Waals surface area contributed by atoms with Crippen molar-refractivity contribution in [3.05, 3.63) is 17.0 Å². The minimum Gasteiger partial charge on any atom is -0.306 e. The van der Waals surface area contributed by atoms with Crippen LogP contribution in [0.5, 0.6) is 0 Å². The van der Waals surface area contributed by atoms with Crippen LogP contribution in [-0.2, 0) is 7.05 Å². The topological polar surface area (TPSA) is 33.1 Å². The molecule has 1 aromatic rings. The lowest BCUT2D eigenvalue weighted by molar-refractivity contribution is 0.192. The summed E-state index contributed by atoms with van der Waals surface area (Å²) in [6, 6.07) is 0.998. The van der Waals surface area contributed by atoms with Crippen LogP contribution in [0.3, 0.4) is 0 Å². The molecule has 0 radical (unpaired) electrons. The van der Waals surface area contributed by atoms with E-state index in [9.17, 15) is 0 Å². The first kappa shape index (κ1) is 14.5. The van der Waals surface area contributed by atoms with E-state index in [0.29, 0.717) is 12.1 Å². The minimum atomic E-state index is 0.385. The Kier molecular flexibility index (Phi) is 4.63. The molecule has 0 saturated carbocycles. The molecule has 0 bridgehead atoms. The molecule has 1 aliphatic rings. The van der Waals surface area contributed by atoms with Crippen molar-refractivity contribution in [2.75, 3.05) is 19.6 Å². The molecule has 0 aliphatic carbocycles. The summed E-state index contributed by atoms with van der Waals surface area (Å²) in [5, 5.41) is 8.32. The van der Waals surface area contributed by atoms with Gasteiger partial charge in [0, 0.05) is 36.9 Å². The molecule has 19 heavy (non-hydrogen) atoms. The van der Waals surface area contributed by atoms with Gasteiger partial charge in [0.15, 0.2) is 0 Å². The predicted molar refractivity (Wildman–Crippen MR) is 79.4 cm³/mol. The van der Waals surface area contributed by atoms with E-state index in [4.69, 9.17) is 0 Å². The number of aromatic nitrogens is 2. The van der Waals surface area contributed by atoms with Crippen molar-refractivity contribution in [2.45, 2.75) is 52.6 Å². The Morgan fingerprint density at radius 1 is 1.42 bits per heavy atom. The molecule has 0 aromatic carbocycles. The van der Waals surface area contributed by atoms with Crippen LogP contribution in [0.2, 0.25) is 0 Å². The Hall–Kier alpha value is -0.870. The number of piperidine rings is 1. The van der Waals surface area contributed by atoms with Crippen molar-refractivity contribution < 1.29 is 0 Å². The van der Waals surface area contributed by atoms with Crippen LogP contribution in [-0.4, -0.2) is 40.4 Å². The summed E-state index contributed by atoms with van der Waals surface area (Å²) < 4.78 is 1.99. The second-order valence-corrected chi connectivity index (χ2v) is 5.83. The summed E-state index contributed by atoms with van der Waals surface area (Å²) in [7, 11) is 2.03. The fraction of sp³-hybridized carbons (Fsp3) is 0.800. The van der Waals surface area contributed by atoms with Gasteiger partial charge in [-0.15, -0.1) is 0 Å². The highest BCUT2D eigenvalue weighted by Crippen LogP contribution is 2.22. The number of rotatable bonds is 4. The average Bonchev–Trinajstić information content (AvgIpc) is 2.63. The lowest BCUT2D eigenvalue weighted by atomic mass is 10.0. The minimum absolute atomic E-state index is 0.385. The van der Waals surface area contributed by atoms with Crippen molar-refractivity contribution in [3.8, 4) is 0 Å². The van der Waals surface area contributed by atoms with Crippen molar-refractivity contribution in [3.63, 3.8) is 0 Å². The van der Waals surface area contributed by atoms with E-state index in [0.717, 1.165) is 12.2 Å². The molecule has 108 valence electrons. The molecule has 2 heterocycles. The molecule has 2 rings (SSSR count). The van der Waals surface area contributed by atoms with Crippen LogP contribution < -0.4 is 5.32 Å². The van der Waals surface area contributed by atoms with E-state index in [-0.39, 0.29) is 0 Å². The summed E-state index contributed by atoms with van der Waals surface area (Å²) in [5.41, 5.74) is 3.81. The molecule has 1 N–H and O–H groups in total. The molecule has 1 saturated heterocycles. The van der Waals surface area contributed by atoms with E-state index in [2.05, 4.69) is 43.0 Å². The molecule has 2 atom stereocenters. The van der Waals surface area contributed by atoms with Crippen LogP contribution in [0.15, 0.2) is 0 Å². The summed E-state index contributed by atoms with van der Waals surface area (Å²) >= 11 is 0. The third-order valence-electron chi connectivity index (χ3n) is 4.44. The molecule has 1 aliphatic heterocycles. The van der Waals surface area contributed by atoms with Gasteiger partial charge in [-0.1, -0.05) is 6.92 Å². The zero-order valence-corrected chi connectivity index (χ0v) is 13.0. The predicted octanol–water partition coefficient (Wildman–Crippen LogP) is 2.17. The van der Waals surface area contributed by atoms with Crippen molar-refractivity contribution in [2.24, 2.45) is 7.05 Å². The highest BCUT2D eigenvalue weighted by Gasteiger charge is 2.23. The number of nitrogens with zero attached hydrogens (tertiary/aromatic N) is 3. The molecule has 4 heteroatoms. The maximum Gasteiger partial charge on any atom is 0.0644 e. The third kappa shape index (κ3) is 3.18. The Bertz CT molecular complexity index is 424. The monoisotopic (exact) mass is 264 g/mol. The van der Waals surface area contributed by atoms with Crippen molar-refractivity contribution in [1.82, 2.24) is 20.0 Å². The highest BCUT2D eigenvalue weighted by atomic mass is 15.3. The summed E-state index contributed by atoms with van der Waals surface area (Å²) in [6.07, 6.45) is 2.60. The molecule has 1 aromatic heterocycles. The molecule has 4 nitrogen and oxygen atoms in total. The smallest absolute Gasteiger partial charge is 0.0644 e. The lowest BCUT2D eigenvalue weighted by Gasteiger charge is -2.34. The number of hydrogen-bond acceptors (Lipinski definition) is 3. The van der Waals surface area contributed by atoms with Gasteiger partial charge in [0.1, 0.15) is 0 Å². The third-order valence-corrected chi connectivity index (χ3v) is 4.44. The van der Waals surface area contributed by atoms with Crippen LogP contribution in [0.25, 0.3) is 0 Å². The van der Waals surface area contributed by atoms with Crippen molar-refractivity contribution in [1.29, 1.82) is 0 Å². The summed E-state index contributed by atoms with van der Waals surface area (Å²) in [5.74, 6) is 0. The first-order valence-electron chi connectivity index (χ1n) is 7.51. The molecule has 1 fully saturated rings. The fourth-order valence-corrected chi connectivity index (χ4v) is 3.33. The Morgan fingerprint density at radius 3 is 2.74 bits per heavy atom. The average molecular weight is 264 g/mol. The fourth-order valence-electron chi connectivity index (χ4n) is 3.33. The van der Waals surface area contributed by atoms with Gasteiger partial charge >= 0.3 is 0 Å². The van der Waals surface area contributed by atoms with E-state index in [1.54, 1.807) is 0 Å². The lowest BCUT2D eigenvalue weighted by Crippen LogP contribution is -2.46. The first-order chi connectivity index (χ1) is 9.02. The largest absolute Gasteiger partial charge is 0.306 e. The summed E-state index contributed by atoms with van der Waals surface area (Å²) in [4.78, 5) is 2.54. The Morgan fingerprint density at radius 2 is 2.16 bits per heavy atom. The highest BCUT2D eigenvalue weighted by molar-refractivity contribution is 5.27. The van der Waals surface area contributed by atoms with E-state index < -0.39 is 0 Å². The normalized spacial score (nSPS) is 22.7. The SMILES string of the molecule is CCN1CCCC(NC(C)c2c(C)nn(C)c2C)C1. The van der Waals surface area contributed by atoms with Gasteiger partial charge in [-0.3, -0.25) is 4.68 Å². The standard InChI is InChI=1S/C15H28N4/c1-6-19-9-7-8-14(10-19)16-11(2)15-12(3)17-18(5)13(15)4/h11,14,16H,6-10H2,1-5H3. The van der Waals surface area contributed by atoms with Crippen LogP contribution in [0.4, 0.5) is 0 Å². The van der Waals surface area contributed by atoms with Gasteiger partial charge < -0.3 is 10.2 Å².